The molecule has 0 N–H and O–H groups in total. The molecule has 0 bridgehead atoms. The van der Waals surface area contributed by atoms with E-state index in [4.69, 9.17) is 11.3 Å². The molecule has 0 spiro atoms. The lowest BCUT2D eigenvalue weighted by Gasteiger charge is -2.04. The molecular weight excluding hydrogens is 280 g/mol. The number of carbonyl (C=O) groups excluding carboxylic acids is 1. The first-order chi connectivity index (χ1) is 10.7. The summed E-state index contributed by atoms with van der Waals surface area (Å²) in [6, 6.07) is 7.08. The fraction of sp³-hybridized carbons (Fsp3) is 0.125. The van der Waals surface area contributed by atoms with Crippen molar-refractivity contribution in [2.24, 2.45) is 0 Å². The van der Waals surface area contributed by atoms with E-state index in [2.05, 4.69) is 14.8 Å². The Morgan fingerprint density at radius 2 is 2.18 bits per heavy atom. The van der Waals surface area contributed by atoms with Gasteiger partial charge >= 0.3 is 5.97 Å². The molecule has 22 heavy (non-hydrogen) atoms. The van der Waals surface area contributed by atoms with Crippen molar-refractivity contribution in [3.05, 3.63) is 59.8 Å². The Balaban J connectivity index is 2.02. The lowest BCUT2D eigenvalue weighted by Crippen LogP contribution is -2.05. The van der Waals surface area contributed by atoms with Crippen molar-refractivity contribution in [3.63, 3.8) is 0 Å². The quantitative estimate of drug-likeness (QED) is 0.549. The molecule has 0 radical (unpaired) electrons. The number of ether oxygens (including phenoxy) is 1. The van der Waals surface area contributed by atoms with Gasteiger partial charge in [0.15, 0.2) is 0 Å². The summed E-state index contributed by atoms with van der Waals surface area (Å²) in [5.41, 5.74) is 1.94. The fourth-order valence-electron chi connectivity index (χ4n) is 2.15. The van der Waals surface area contributed by atoms with Crippen LogP contribution in [0.5, 0.6) is 0 Å². The van der Waals surface area contributed by atoms with Crippen LogP contribution < -0.4 is 0 Å². The van der Waals surface area contributed by atoms with Crippen LogP contribution >= 0.6 is 0 Å². The Morgan fingerprint density at radius 1 is 1.32 bits per heavy atom. The third-order valence-corrected chi connectivity index (χ3v) is 3.16. The van der Waals surface area contributed by atoms with Gasteiger partial charge in [-0.15, -0.1) is 4.98 Å². The van der Waals surface area contributed by atoms with Crippen LogP contribution in [0.1, 0.15) is 17.3 Å². The number of carbonyl (C=O) groups is 1. The molecule has 0 saturated heterocycles. The van der Waals surface area contributed by atoms with E-state index in [-0.39, 0.29) is 5.97 Å². The molecule has 0 saturated carbocycles. The Bertz CT molecular complexity index is 875. The van der Waals surface area contributed by atoms with Crippen LogP contribution in [0, 0.1) is 6.57 Å². The summed E-state index contributed by atoms with van der Waals surface area (Å²) in [7, 11) is 0. The smallest absolute Gasteiger partial charge is 0.339 e. The van der Waals surface area contributed by atoms with E-state index in [9.17, 15) is 4.79 Å². The van der Waals surface area contributed by atoms with Crippen LogP contribution in [0.25, 0.3) is 21.6 Å². The standard InChI is InChI=1S/C16H12N4O2/c1-3-22-16(21)12-8-11-6-7-20(15(11)19-9-12)13-4-5-14(17-2)18-10-13/h4-10H,3H2,1H3. The molecule has 3 aromatic rings. The fourth-order valence-corrected chi connectivity index (χ4v) is 2.15. The molecule has 3 rings (SSSR count). The van der Waals surface area contributed by atoms with E-state index >= 15 is 0 Å². The highest BCUT2D eigenvalue weighted by molar-refractivity contribution is 5.93. The van der Waals surface area contributed by atoms with Gasteiger partial charge in [0.25, 0.3) is 5.82 Å². The van der Waals surface area contributed by atoms with E-state index in [1.165, 1.54) is 6.20 Å². The van der Waals surface area contributed by atoms with Crippen molar-refractivity contribution in [2.75, 3.05) is 6.61 Å². The molecule has 108 valence electrons. The lowest BCUT2D eigenvalue weighted by molar-refractivity contribution is 0.0526. The van der Waals surface area contributed by atoms with Gasteiger partial charge < -0.3 is 9.58 Å². The first kappa shape index (κ1) is 13.8. The van der Waals surface area contributed by atoms with E-state index in [0.717, 1.165) is 11.1 Å². The van der Waals surface area contributed by atoms with Crippen molar-refractivity contribution in [1.29, 1.82) is 0 Å². The molecule has 0 atom stereocenters. The number of fused-ring (bicyclic) bond motifs is 1. The summed E-state index contributed by atoms with van der Waals surface area (Å²) in [5.74, 6) is -0.0366. The average molecular weight is 292 g/mol. The van der Waals surface area contributed by atoms with E-state index < -0.39 is 0 Å². The minimum atomic E-state index is -0.382. The largest absolute Gasteiger partial charge is 0.462 e. The second kappa shape index (κ2) is 5.66. The zero-order valence-electron chi connectivity index (χ0n) is 11.9. The van der Waals surface area contributed by atoms with E-state index in [1.807, 2.05) is 16.8 Å². The number of pyridine rings is 2. The molecule has 0 amide bonds. The van der Waals surface area contributed by atoms with Crippen molar-refractivity contribution >= 4 is 22.8 Å². The molecule has 0 fully saturated rings. The SMILES string of the molecule is [C-]#[N+]c1ccc(-n2ccc3cc(C(=O)OCC)cnc32)cn1. The molecule has 0 aromatic carbocycles. The molecule has 0 aliphatic rings. The Hall–Kier alpha value is -3.20. The lowest BCUT2D eigenvalue weighted by atomic mass is 10.2. The van der Waals surface area contributed by atoms with Crippen LogP contribution in [0.3, 0.4) is 0 Å². The highest BCUT2D eigenvalue weighted by Gasteiger charge is 2.11. The Labute approximate surface area is 126 Å². The van der Waals surface area contributed by atoms with Gasteiger partial charge in [0.2, 0.25) is 0 Å². The number of hydrogen-bond donors (Lipinski definition) is 0. The summed E-state index contributed by atoms with van der Waals surface area (Å²) in [6.45, 7) is 9.01. The van der Waals surface area contributed by atoms with Gasteiger partial charge in [-0.3, -0.25) is 4.57 Å². The summed E-state index contributed by atoms with van der Waals surface area (Å²) in [6.07, 6.45) is 4.96. The number of esters is 1. The van der Waals surface area contributed by atoms with E-state index in [0.29, 0.717) is 23.6 Å². The normalized spacial score (nSPS) is 10.4. The second-order valence-electron chi connectivity index (χ2n) is 4.53. The number of nitrogens with zero attached hydrogens (tertiary/aromatic N) is 4. The van der Waals surface area contributed by atoms with Gasteiger partial charge in [-0.1, -0.05) is 6.57 Å². The summed E-state index contributed by atoms with van der Waals surface area (Å²) in [5, 5.41) is 0.833. The van der Waals surface area contributed by atoms with Crippen LogP contribution in [-0.4, -0.2) is 27.1 Å². The van der Waals surface area contributed by atoms with Crippen molar-refractivity contribution in [3.8, 4) is 5.69 Å². The maximum absolute atomic E-state index is 11.7. The number of rotatable bonds is 3. The third-order valence-electron chi connectivity index (χ3n) is 3.16. The minimum Gasteiger partial charge on any atom is -0.462 e. The first-order valence-corrected chi connectivity index (χ1v) is 6.71. The Morgan fingerprint density at radius 3 is 2.86 bits per heavy atom. The van der Waals surface area contributed by atoms with Crippen molar-refractivity contribution in [1.82, 2.24) is 14.5 Å². The van der Waals surface area contributed by atoms with Gasteiger partial charge in [-0.2, -0.15) is 0 Å². The van der Waals surface area contributed by atoms with Gasteiger partial charge in [0, 0.05) is 17.8 Å². The average Bonchev–Trinajstić information content (AvgIpc) is 2.98. The predicted octanol–water partition coefficient (Wildman–Crippen LogP) is 3.15. The summed E-state index contributed by atoms with van der Waals surface area (Å²) in [4.78, 5) is 23.4. The first-order valence-electron chi connectivity index (χ1n) is 6.71. The second-order valence-corrected chi connectivity index (χ2v) is 4.53. The third kappa shape index (κ3) is 2.40. The van der Waals surface area contributed by atoms with Crippen LogP contribution in [0.2, 0.25) is 0 Å². The molecule has 3 heterocycles. The molecule has 0 unspecified atom stereocenters. The minimum absolute atomic E-state index is 0.330. The highest BCUT2D eigenvalue weighted by atomic mass is 16.5. The molecule has 0 aliphatic carbocycles. The van der Waals surface area contributed by atoms with Crippen molar-refractivity contribution in [2.45, 2.75) is 6.92 Å². The molecule has 3 aromatic heterocycles. The molecule has 0 aliphatic heterocycles. The molecule has 6 nitrogen and oxygen atoms in total. The van der Waals surface area contributed by atoms with Crippen LogP contribution in [0.4, 0.5) is 5.82 Å². The van der Waals surface area contributed by atoms with Gasteiger partial charge in [0.1, 0.15) is 11.8 Å². The predicted molar refractivity (Wildman–Crippen MR) is 81.1 cm³/mol. The van der Waals surface area contributed by atoms with E-state index in [1.54, 1.807) is 31.3 Å². The maximum Gasteiger partial charge on any atom is 0.339 e. The summed E-state index contributed by atoms with van der Waals surface area (Å²) >= 11 is 0. The van der Waals surface area contributed by atoms with Gasteiger partial charge in [-0.05, 0) is 31.2 Å². The molecular formula is C16H12N4O2. The summed E-state index contributed by atoms with van der Waals surface area (Å²) < 4.78 is 6.82. The van der Waals surface area contributed by atoms with Gasteiger partial charge in [0.05, 0.1) is 17.9 Å². The van der Waals surface area contributed by atoms with Crippen molar-refractivity contribution < 1.29 is 9.53 Å². The number of aromatic nitrogens is 3. The number of hydrogen-bond acceptors (Lipinski definition) is 4. The zero-order chi connectivity index (χ0) is 15.5. The highest BCUT2D eigenvalue weighted by Crippen LogP contribution is 2.20. The zero-order valence-corrected chi connectivity index (χ0v) is 11.9. The maximum atomic E-state index is 11.7. The topological polar surface area (TPSA) is 61.4 Å². The molecule has 6 heteroatoms. The van der Waals surface area contributed by atoms with Gasteiger partial charge in [-0.25, -0.2) is 9.78 Å². The van der Waals surface area contributed by atoms with Crippen LogP contribution in [-0.2, 0) is 4.74 Å². The van der Waals surface area contributed by atoms with Crippen LogP contribution in [0.15, 0.2) is 42.9 Å². The Kier molecular flexibility index (Phi) is 3.54. The monoisotopic (exact) mass is 292 g/mol.